The van der Waals surface area contributed by atoms with Crippen LogP contribution in [0.1, 0.15) is 26.2 Å². The quantitative estimate of drug-likeness (QED) is 0.481. The molecule has 6 heteroatoms. The number of hydrogen-bond donors (Lipinski definition) is 0. The molecule has 1 saturated heterocycles. The summed E-state index contributed by atoms with van der Waals surface area (Å²) in [5.74, 6) is 0. The third-order valence-corrected chi connectivity index (χ3v) is 4.66. The molecule has 0 bridgehead atoms. The maximum absolute atomic E-state index is 10.4. The normalized spacial score (nSPS) is 25.9. The Balaban J connectivity index is 2.33. The van der Waals surface area contributed by atoms with E-state index >= 15 is 0 Å². The van der Waals surface area contributed by atoms with Gasteiger partial charge in [0.2, 0.25) is 0 Å². The van der Waals surface area contributed by atoms with Gasteiger partial charge in [0.25, 0.3) is 0 Å². The molecule has 1 heterocycles. The van der Waals surface area contributed by atoms with E-state index in [2.05, 4.69) is 34.6 Å². The van der Waals surface area contributed by atoms with Gasteiger partial charge in [-0.1, -0.05) is 24.0 Å². The lowest BCUT2D eigenvalue weighted by Gasteiger charge is -2.23. The van der Waals surface area contributed by atoms with E-state index in [9.17, 15) is 4.91 Å². The maximum atomic E-state index is 10.4. The van der Waals surface area contributed by atoms with Gasteiger partial charge in [-0.3, -0.25) is 9.21 Å². The van der Waals surface area contributed by atoms with E-state index in [1.54, 1.807) is 11.9 Å². The molecular formula is C13H27N3O2S. The molecule has 3 atom stereocenters. The van der Waals surface area contributed by atoms with Crippen LogP contribution in [-0.4, -0.2) is 67.4 Å². The third-order valence-electron chi connectivity index (χ3n) is 3.85. The summed E-state index contributed by atoms with van der Waals surface area (Å²) in [5, 5.41) is 3.02. The van der Waals surface area contributed by atoms with Gasteiger partial charge in [-0.2, -0.15) is 4.91 Å². The molecule has 0 aliphatic carbocycles. The topological polar surface area (TPSA) is 45.1 Å². The van der Waals surface area contributed by atoms with E-state index in [0.717, 1.165) is 32.4 Å². The molecule has 0 N–H and O–H groups in total. The van der Waals surface area contributed by atoms with Gasteiger partial charge in [0.05, 0.1) is 18.8 Å². The fraction of sp³-hybridized carbons (Fsp3) is 1.00. The van der Waals surface area contributed by atoms with E-state index in [0.29, 0.717) is 12.6 Å². The van der Waals surface area contributed by atoms with Crippen LogP contribution in [0.2, 0.25) is 0 Å². The van der Waals surface area contributed by atoms with Crippen molar-refractivity contribution in [3.63, 3.8) is 0 Å². The van der Waals surface area contributed by atoms with E-state index in [1.165, 1.54) is 0 Å². The van der Waals surface area contributed by atoms with Crippen LogP contribution < -0.4 is 0 Å². The summed E-state index contributed by atoms with van der Waals surface area (Å²) in [7, 11) is 4.15. The Labute approximate surface area is 121 Å². The van der Waals surface area contributed by atoms with E-state index in [-0.39, 0.29) is 12.1 Å². The number of rotatable bonds is 9. The van der Waals surface area contributed by atoms with Crippen LogP contribution in [0.15, 0.2) is 5.18 Å². The average Bonchev–Trinajstić information content (AvgIpc) is 2.74. The van der Waals surface area contributed by atoms with Crippen molar-refractivity contribution in [1.82, 2.24) is 9.21 Å². The Morgan fingerprint density at radius 3 is 2.89 bits per heavy atom. The second-order valence-electron chi connectivity index (χ2n) is 5.25. The lowest BCUT2D eigenvalue weighted by Crippen LogP contribution is -2.28. The third kappa shape index (κ3) is 5.77. The van der Waals surface area contributed by atoms with Crippen LogP contribution >= 0.6 is 11.9 Å². The predicted molar refractivity (Wildman–Crippen MR) is 81.4 cm³/mol. The van der Waals surface area contributed by atoms with Gasteiger partial charge in [0, 0.05) is 19.1 Å². The summed E-state index contributed by atoms with van der Waals surface area (Å²) in [4.78, 5) is 12.6. The number of likely N-dealkylation sites (tertiary alicyclic amines) is 1. The van der Waals surface area contributed by atoms with E-state index < -0.39 is 0 Å². The summed E-state index contributed by atoms with van der Waals surface area (Å²) in [6.45, 7) is 4.51. The van der Waals surface area contributed by atoms with Crippen LogP contribution in [0.4, 0.5) is 0 Å². The van der Waals surface area contributed by atoms with E-state index in [1.807, 2.05) is 7.05 Å². The first-order valence-electron chi connectivity index (χ1n) is 7.00. The molecule has 1 rings (SSSR count). The van der Waals surface area contributed by atoms with Crippen LogP contribution in [0.5, 0.6) is 0 Å². The summed E-state index contributed by atoms with van der Waals surface area (Å²) in [6.07, 6.45) is 5.68. The summed E-state index contributed by atoms with van der Waals surface area (Å²) < 4.78 is 8.41. The first kappa shape index (κ1) is 16.9. The standard InChI is InChI=1S/C13H27N3O2S/c1-5-12(6-7-16(3)19-4)18-13-8-11(9-14-17)15(2)10-13/h11-13H,5-10H2,1-4H3. The zero-order valence-electron chi connectivity index (χ0n) is 12.5. The SMILES string of the molecule is CCC(CCN(C)SC)OC1CC(CN=O)N(C)C1. The number of ether oxygens (including phenoxy) is 1. The largest absolute Gasteiger partial charge is 0.374 e. The molecule has 0 aromatic rings. The highest BCUT2D eigenvalue weighted by Crippen LogP contribution is 2.22. The molecule has 0 aromatic carbocycles. The molecule has 1 fully saturated rings. The van der Waals surface area contributed by atoms with E-state index in [4.69, 9.17) is 4.74 Å². The second-order valence-corrected chi connectivity index (χ2v) is 6.24. The van der Waals surface area contributed by atoms with Crippen LogP contribution in [0.25, 0.3) is 0 Å². The molecular weight excluding hydrogens is 262 g/mol. The highest BCUT2D eigenvalue weighted by Gasteiger charge is 2.31. The summed E-state index contributed by atoms with van der Waals surface area (Å²) in [6, 6.07) is 0.258. The molecule has 0 aromatic heterocycles. The van der Waals surface area contributed by atoms with Crippen molar-refractivity contribution in [2.75, 3.05) is 40.0 Å². The van der Waals surface area contributed by atoms with Crippen molar-refractivity contribution in [3.05, 3.63) is 4.91 Å². The Bertz CT molecular complexity index is 268. The molecule has 0 spiro atoms. The fourth-order valence-electron chi connectivity index (χ4n) is 2.48. The molecule has 112 valence electrons. The van der Waals surface area contributed by atoms with Crippen LogP contribution in [0, 0.1) is 4.91 Å². The summed E-state index contributed by atoms with van der Waals surface area (Å²) in [5.41, 5.74) is 0. The maximum Gasteiger partial charge on any atom is 0.0967 e. The minimum absolute atomic E-state index is 0.251. The van der Waals surface area contributed by atoms with Gasteiger partial charge in [-0.15, -0.1) is 0 Å². The van der Waals surface area contributed by atoms with Gasteiger partial charge in [0.1, 0.15) is 0 Å². The Morgan fingerprint density at radius 1 is 1.58 bits per heavy atom. The monoisotopic (exact) mass is 289 g/mol. The van der Waals surface area contributed by atoms with Crippen LogP contribution in [-0.2, 0) is 4.74 Å². The van der Waals surface area contributed by atoms with Crippen molar-refractivity contribution in [1.29, 1.82) is 0 Å². The Kier molecular flexibility index (Phi) is 7.90. The second kappa shape index (κ2) is 8.89. The highest BCUT2D eigenvalue weighted by atomic mass is 32.2. The van der Waals surface area contributed by atoms with Crippen molar-refractivity contribution >= 4 is 11.9 Å². The molecule has 1 aliphatic heterocycles. The lowest BCUT2D eigenvalue weighted by atomic mass is 10.1. The fourth-order valence-corrected chi connectivity index (χ4v) is 2.77. The molecule has 0 amide bonds. The molecule has 0 saturated carbocycles. The molecule has 1 aliphatic rings. The molecule has 0 radical (unpaired) electrons. The van der Waals surface area contributed by atoms with Gasteiger partial charge >= 0.3 is 0 Å². The highest BCUT2D eigenvalue weighted by molar-refractivity contribution is 7.96. The smallest absolute Gasteiger partial charge is 0.0967 e. The predicted octanol–water partition coefficient (Wildman–Crippen LogP) is 2.22. The van der Waals surface area contributed by atoms with Crippen molar-refractivity contribution < 1.29 is 4.74 Å². The zero-order chi connectivity index (χ0) is 14.3. The number of nitroso groups, excluding NO2 is 1. The van der Waals surface area contributed by atoms with Gasteiger partial charge in [-0.05, 0) is 39.6 Å². The van der Waals surface area contributed by atoms with Crippen LogP contribution in [0.3, 0.4) is 0 Å². The first-order chi connectivity index (χ1) is 9.10. The molecule has 19 heavy (non-hydrogen) atoms. The Hall–Kier alpha value is -0.170. The lowest BCUT2D eigenvalue weighted by molar-refractivity contribution is -0.0126. The Morgan fingerprint density at radius 2 is 2.32 bits per heavy atom. The van der Waals surface area contributed by atoms with Crippen molar-refractivity contribution in [2.45, 2.75) is 44.4 Å². The number of hydrogen-bond acceptors (Lipinski definition) is 6. The minimum Gasteiger partial charge on any atom is -0.374 e. The molecule has 3 unspecified atom stereocenters. The average molecular weight is 289 g/mol. The summed E-state index contributed by atoms with van der Waals surface area (Å²) >= 11 is 1.75. The number of likely N-dealkylation sites (N-methyl/N-ethyl adjacent to an activating group) is 1. The van der Waals surface area contributed by atoms with Crippen molar-refractivity contribution in [2.24, 2.45) is 5.18 Å². The van der Waals surface area contributed by atoms with Crippen molar-refractivity contribution in [3.8, 4) is 0 Å². The first-order valence-corrected chi connectivity index (χ1v) is 8.18. The van der Waals surface area contributed by atoms with Gasteiger partial charge in [-0.25, -0.2) is 0 Å². The van der Waals surface area contributed by atoms with Gasteiger partial charge in [0.15, 0.2) is 0 Å². The zero-order valence-corrected chi connectivity index (χ0v) is 13.4. The minimum atomic E-state index is 0.251. The number of nitrogens with zero attached hydrogens (tertiary/aromatic N) is 3. The molecule has 5 nitrogen and oxygen atoms in total. The van der Waals surface area contributed by atoms with Gasteiger partial charge < -0.3 is 4.74 Å².